The highest BCUT2D eigenvalue weighted by atomic mass is 16.5. The Hall–Kier alpha value is -2.28. The molecule has 3 amide bonds. The fraction of sp³-hybridized carbons (Fsp3) is 0.579. The number of ether oxygens (including phenoxy) is 1. The van der Waals surface area contributed by atoms with Crippen LogP contribution in [-0.4, -0.2) is 73.7 Å². The van der Waals surface area contributed by atoms with Gasteiger partial charge in [-0.3, -0.25) is 4.79 Å². The topological polar surface area (TPSA) is 65.1 Å². The van der Waals surface area contributed by atoms with Crippen molar-refractivity contribution < 1.29 is 14.3 Å². The summed E-state index contributed by atoms with van der Waals surface area (Å²) in [5, 5.41) is 3.02. The zero-order valence-electron chi connectivity index (χ0n) is 15.6. The largest absolute Gasteiger partial charge is 0.494 e. The maximum Gasteiger partial charge on any atom is 0.317 e. The number of carbonyl (C=O) groups excluding carboxylic acids is 2. The molecule has 3 rings (SSSR count). The average molecular weight is 360 g/mol. The summed E-state index contributed by atoms with van der Waals surface area (Å²) in [6.45, 7) is 9.51. The maximum atomic E-state index is 12.5. The molecule has 0 aromatic heterocycles. The number of anilines is 1. The summed E-state index contributed by atoms with van der Waals surface area (Å²) in [5.74, 6) is 0.828. The van der Waals surface area contributed by atoms with Crippen molar-refractivity contribution in [2.75, 3.05) is 50.8 Å². The highest BCUT2D eigenvalue weighted by Crippen LogP contribution is 2.24. The van der Waals surface area contributed by atoms with Crippen LogP contribution in [-0.2, 0) is 4.79 Å². The first-order chi connectivity index (χ1) is 12.6. The van der Waals surface area contributed by atoms with Gasteiger partial charge in [-0.25, -0.2) is 4.79 Å². The van der Waals surface area contributed by atoms with Crippen LogP contribution in [0.2, 0.25) is 0 Å². The van der Waals surface area contributed by atoms with Gasteiger partial charge in [-0.05, 0) is 37.7 Å². The molecular formula is C19H28N4O3. The van der Waals surface area contributed by atoms with Gasteiger partial charge in [0.25, 0.3) is 0 Å². The number of nitrogens with zero attached hydrogens (tertiary/aromatic N) is 3. The lowest BCUT2D eigenvalue weighted by Crippen LogP contribution is -2.53. The molecule has 7 heteroatoms. The lowest BCUT2D eigenvalue weighted by molar-refractivity contribution is -0.117. The zero-order chi connectivity index (χ0) is 18.5. The zero-order valence-corrected chi connectivity index (χ0v) is 15.6. The van der Waals surface area contributed by atoms with Crippen LogP contribution in [0.25, 0.3) is 0 Å². The lowest BCUT2D eigenvalue weighted by atomic mass is 10.2. The standard InChI is InChI=1S/C19H28N4O3/c1-3-21-9-11-22(12-10-21)19(25)20-15-13-18(24)23(14-15)16-5-7-17(8-6-16)26-4-2/h5-8,15H,3-4,9-14H2,1-2H3,(H,20,25)/t15-/m1/s1. The van der Waals surface area contributed by atoms with Gasteiger partial charge in [-0.2, -0.15) is 0 Å². The van der Waals surface area contributed by atoms with Gasteiger partial charge < -0.3 is 24.8 Å². The molecule has 142 valence electrons. The summed E-state index contributed by atoms with van der Waals surface area (Å²) in [6, 6.07) is 7.29. The number of piperazine rings is 1. The van der Waals surface area contributed by atoms with Gasteiger partial charge in [0.1, 0.15) is 5.75 Å². The number of amides is 3. The Bertz CT molecular complexity index is 626. The molecule has 7 nitrogen and oxygen atoms in total. The fourth-order valence-electron chi connectivity index (χ4n) is 3.48. The van der Waals surface area contributed by atoms with Crippen molar-refractivity contribution in [1.82, 2.24) is 15.1 Å². The predicted molar refractivity (Wildman–Crippen MR) is 101 cm³/mol. The molecule has 0 saturated carbocycles. The molecule has 0 radical (unpaired) electrons. The van der Waals surface area contributed by atoms with Gasteiger partial charge in [-0.15, -0.1) is 0 Å². The maximum absolute atomic E-state index is 12.5. The minimum atomic E-state index is -0.147. The van der Waals surface area contributed by atoms with Crippen LogP contribution < -0.4 is 15.0 Å². The van der Waals surface area contributed by atoms with E-state index in [4.69, 9.17) is 4.74 Å². The highest BCUT2D eigenvalue weighted by Gasteiger charge is 2.33. The molecule has 0 spiro atoms. The van der Waals surface area contributed by atoms with E-state index in [2.05, 4.69) is 17.1 Å². The van der Waals surface area contributed by atoms with Crippen molar-refractivity contribution in [3.8, 4) is 5.75 Å². The van der Waals surface area contributed by atoms with Gasteiger partial charge in [0.2, 0.25) is 5.91 Å². The minimum Gasteiger partial charge on any atom is -0.494 e. The van der Waals surface area contributed by atoms with E-state index in [-0.39, 0.29) is 18.0 Å². The number of rotatable bonds is 5. The van der Waals surface area contributed by atoms with Crippen LogP contribution in [0.15, 0.2) is 24.3 Å². The fourth-order valence-corrected chi connectivity index (χ4v) is 3.48. The number of hydrogen-bond donors (Lipinski definition) is 1. The van der Waals surface area contributed by atoms with Crippen LogP contribution in [0.4, 0.5) is 10.5 Å². The van der Waals surface area contributed by atoms with E-state index in [1.54, 1.807) is 4.90 Å². The molecule has 0 unspecified atom stereocenters. The third-order valence-corrected chi connectivity index (χ3v) is 5.02. The van der Waals surface area contributed by atoms with Crippen LogP contribution in [0.5, 0.6) is 5.75 Å². The number of urea groups is 1. The molecule has 1 aromatic carbocycles. The minimum absolute atomic E-state index is 0.0373. The van der Waals surface area contributed by atoms with Crippen molar-refractivity contribution in [1.29, 1.82) is 0 Å². The monoisotopic (exact) mass is 360 g/mol. The van der Waals surface area contributed by atoms with Crippen molar-refractivity contribution in [3.05, 3.63) is 24.3 Å². The molecule has 1 N–H and O–H groups in total. The molecular weight excluding hydrogens is 332 g/mol. The third-order valence-electron chi connectivity index (χ3n) is 5.02. The van der Waals surface area contributed by atoms with E-state index in [0.29, 0.717) is 19.6 Å². The second kappa shape index (κ2) is 8.40. The molecule has 0 bridgehead atoms. The smallest absolute Gasteiger partial charge is 0.317 e. The van der Waals surface area contributed by atoms with Gasteiger partial charge in [0, 0.05) is 44.8 Å². The SMILES string of the molecule is CCOc1ccc(N2C[C@H](NC(=O)N3CCN(CC)CC3)CC2=O)cc1. The molecule has 26 heavy (non-hydrogen) atoms. The Morgan fingerprint density at radius 3 is 2.46 bits per heavy atom. The molecule has 2 fully saturated rings. The van der Waals surface area contributed by atoms with E-state index in [1.165, 1.54) is 0 Å². The summed E-state index contributed by atoms with van der Waals surface area (Å²) < 4.78 is 5.44. The number of carbonyl (C=O) groups is 2. The Kier molecular flexibility index (Phi) is 5.98. The average Bonchev–Trinajstić information content (AvgIpc) is 3.03. The van der Waals surface area contributed by atoms with Gasteiger partial charge in [-0.1, -0.05) is 6.92 Å². The van der Waals surface area contributed by atoms with Crippen molar-refractivity contribution in [3.63, 3.8) is 0 Å². The van der Waals surface area contributed by atoms with E-state index in [1.807, 2.05) is 36.1 Å². The summed E-state index contributed by atoms with van der Waals surface area (Å²) >= 11 is 0. The van der Waals surface area contributed by atoms with Crippen molar-refractivity contribution in [2.45, 2.75) is 26.3 Å². The molecule has 1 atom stereocenters. The normalized spacial score (nSPS) is 21.2. The summed E-state index contributed by atoms with van der Waals surface area (Å²) in [7, 11) is 0. The second-order valence-corrected chi connectivity index (χ2v) is 6.70. The highest BCUT2D eigenvalue weighted by molar-refractivity contribution is 5.96. The van der Waals surface area contributed by atoms with Crippen LogP contribution in [0, 0.1) is 0 Å². The molecule has 2 heterocycles. The molecule has 2 aliphatic rings. The first-order valence-corrected chi connectivity index (χ1v) is 9.41. The quantitative estimate of drug-likeness (QED) is 0.865. The second-order valence-electron chi connectivity index (χ2n) is 6.70. The lowest BCUT2D eigenvalue weighted by Gasteiger charge is -2.34. The first-order valence-electron chi connectivity index (χ1n) is 9.41. The summed E-state index contributed by atoms with van der Waals surface area (Å²) in [4.78, 5) is 30.7. The molecule has 0 aliphatic carbocycles. The van der Waals surface area contributed by atoms with Gasteiger partial charge in [0.15, 0.2) is 0 Å². The van der Waals surface area contributed by atoms with Gasteiger partial charge in [0.05, 0.1) is 12.6 Å². The van der Waals surface area contributed by atoms with Crippen LogP contribution in [0.3, 0.4) is 0 Å². The Morgan fingerprint density at radius 1 is 1.15 bits per heavy atom. The summed E-state index contributed by atoms with van der Waals surface area (Å²) in [6.07, 6.45) is 0.341. The summed E-state index contributed by atoms with van der Waals surface area (Å²) in [5.41, 5.74) is 0.840. The molecule has 2 aliphatic heterocycles. The number of hydrogen-bond acceptors (Lipinski definition) is 4. The molecule has 1 aromatic rings. The third kappa shape index (κ3) is 4.27. The van der Waals surface area contributed by atoms with E-state index < -0.39 is 0 Å². The first kappa shape index (κ1) is 18.5. The Balaban J connectivity index is 1.53. The van der Waals surface area contributed by atoms with Gasteiger partial charge >= 0.3 is 6.03 Å². The van der Waals surface area contributed by atoms with Crippen molar-refractivity contribution >= 4 is 17.6 Å². The van der Waals surface area contributed by atoms with E-state index in [0.717, 1.165) is 44.2 Å². The van der Waals surface area contributed by atoms with Crippen molar-refractivity contribution in [2.24, 2.45) is 0 Å². The van der Waals surface area contributed by atoms with Crippen LogP contribution >= 0.6 is 0 Å². The molecule has 2 saturated heterocycles. The van der Waals surface area contributed by atoms with Crippen LogP contribution in [0.1, 0.15) is 20.3 Å². The Morgan fingerprint density at radius 2 is 1.85 bits per heavy atom. The van der Waals surface area contributed by atoms with E-state index in [9.17, 15) is 9.59 Å². The number of nitrogens with one attached hydrogen (secondary N) is 1. The number of benzene rings is 1. The van der Waals surface area contributed by atoms with E-state index >= 15 is 0 Å². The Labute approximate surface area is 154 Å². The number of likely N-dealkylation sites (N-methyl/N-ethyl adjacent to an activating group) is 1. The predicted octanol–water partition coefficient (Wildman–Crippen LogP) is 1.54.